The maximum absolute atomic E-state index is 5.15. The maximum Gasteiger partial charge on any atom is 0.126 e. The summed E-state index contributed by atoms with van der Waals surface area (Å²) in [5, 5.41) is 3.07. The molecule has 0 aliphatic heterocycles. The highest BCUT2D eigenvalue weighted by atomic mass is 16.3. The third kappa shape index (κ3) is 2.60. The predicted octanol–water partition coefficient (Wildman–Crippen LogP) is 1.90. The van der Waals surface area contributed by atoms with Crippen molar-refractivity contribution in [2.24, 2.45) is 0 Å². The average molecular weight is 151 g/mol. The molecule has 1 aromatic heterocycles. The van der Waals surface area contributed by atoms with Crippen LogP contribution in [0.1, 0.15) is 12.7 Å². The minimum Gasteiger partial charge on any atom is -0.465 e. The van der Waals surface area contributed by atoms with Gasteiger partial charge in [-0.2, -0.15) is 0 Å². The molecule has 0 atom stereocenters. The van der Waals surface area contributed by atoms with Crippen LogP contribution in [0.25, 0.3) is 6.08 Å². The van der Waals surface area contributed by atoms with Gasteiger partial charge in [-0.1, -0.05) is 5.57 Å². The minimum atomic E-state index is 0.903. The first-order valence-electron chi connectivity index (χ1n) is 3.68. The SMILES string of the molecule is CNC/C(C)=C/c1ccco1. The molecule has 60 valence electrons. The molecule has 0 spiro atoms. The second-order valence-corrected chi connectivity index (χ2v) is 2.54. The quantitative estimate of drug-likeness (QED) is 0.713. The summed E-state index contributed by atoms with van der Waals surface area (Å²) in [5.74, 6) is 0.915. The van der Waals surface area contributed by atoms with E-state index in [4.69, 9.17) is 4.42 Å². The van der Waals surface area contributed by atoms with Crippen molar-refractivity contribution in [1.29, 1.82) is 0 Å². The summed E-state index contributed by atoms with van der Waals surface area (Å²) < 4.78 is 5.15. The van der Waals surface area contributed by atoms with Gasteiger partial charge in [-0.15, -0.1) is 0 Å². The van der Waals surface area contributed by atoms with Gasteiger partial charge in [0.05, 0.1) is 6.26 Å². The largest absolute Gasteiger partial charge is 0.465 e. The molecule has 0 aliphatic rings. The van der Waals surface area contributed by atoms with E-state index in [2.05, 4.69) is 12.2 Å². The van der Waals surface area contributed by atoms with Crippen LogP contribution in [0.3, 0.4) is 0 Å². The zero-order valence-corrected chi connectivity index (χ0v) is 6.92. The molecule has 1 aromatic rings. The molecule has 1 rings (SSSR count). The first kappa shape index (κ1) is 8.08. The third-order valence-corrected chi connectivity index (χ3v) is 1.39. The first-order valence-corrected chi connectivity index (χ1v) is 3.68. The van der Waals surface area contributed by atoms with Crippen LogP contribution in [0.2, 0.25) is 0 Å². The smallest absolute Gasteiger partial charge is 0.126 e. The van der Waals surface area contributed by atoms with E-state index < -0.39 is 0 Å². The van der Waals surface area contributed by atoms with Gasteiger partial charge in [0.25, 0.3) is 0 Å². The highest BCUT2D eigenvalue weighted by molar-refractivity contribution is 5.46. The van der Waals surface area contributed by atoms with Crippen molar-refractivity contribution >= 4 is 6.08 Å². The zero-order valence-electron chi connectivity index (χ0n) is 6.92. The standard InChI is InChI=1S/C9H13NO/c1-8(7-10-2)6-9-4-3-5-11-9/h3-6,10H,7H2,1-2H3/b8-6+. The van der Waals surface area contributed by atoms with Crippen LogP contribution < -0.4 is 5.32 Å². The van der Waals surface area contributed by atoms with E-state index >= 15 is 0 Å². The molecular formula is C9H13NO. The van der Waals surface area contributed by atoms with Crippen molar-refractivity contribution in [1.82, 2.24) is 5.32 Å². The van der Waals surface area contributed by atoms with Crippen LogP contribution in [-0.2, 0) is 0 Å². The molecule has 0 fully saturated rings. The maximum atomic E-state index is 5.15. The molecule has 0 radical (unpaired) electrons. The second-order valence-electron chi connectivity index (χ2n) is 2.54. The molecule has 2 nitrogen and oxygen atoms in total. The van der Waals surface area contributed by atoms with Crippen molar-refractivity contribution in [3.63, 3.8) is 0 Å². The lowest BCUT2D eigenvalue weighted by atomic mass is 10.2. The lowest BCUT2D eigenvalue weighted by molar-refractivity contribution is 0.556. The van der Waals surface area contributed by atoms with Crippen molar-refractivity contribution in [3.05, 3.63) is 29.7 Å². The van der Waals surface area contributed by atoms with E-state index in [1.54, 1.807) is 6.26 Å². The first-order chi connectivity index (χ1) is 5.33. The van der Waals surface area contributed by atoms with Gasteiger partial charge in [0.15, 0.2) is 0 Å². The molecule has 1 N–H and O–H groups in total. The summed E-state index contributed by atoms with van der Waals surface area (Å²) in [5.41, 5.74) is 1.27. The number of rotatable bonds is 3. The fraction of sp³-hybridized carbons (Fsp3) is 0.333. The van der Waals surface area contributed by atoms with Crippen LogP contribution in [0, 0.1) is 0 Å². The fourth-order valence-corrected chi connectivity index (χ4v) is 0.946. The minimum absolute atomic E-state index is 0.903. The molecule has 0 aliphatic carbocycles. The van der Waals surface area contributed by atoms with Gasteiger partial charge in [0, 0.05) is 6.54 Å². The predicted molar refractivity (Wildman–Crippen MR) is 46.3 cm³/mol. The van der Waals surface area contributed by atoms with Crippen LogP contribution in [0.5, 0.6) is 0 Å². The molecule has 2 heteroatoms. The summed E-state index contributed by atoms with van der Waals surface area (Å²) in [6.07, 6.45) is 3.70. The van der Waals surface area contributed by atoms with Crippen molar-refractivity contribution in [2.75, 3.05) is 13.6 Å². The van der Waals surface area contributed by atoms with E-state index in [0.717, 1.165) is 12.3 Å². The van der Waals surface area contributed by atoms with Crippen LogP contribution in [-0.4, -0.2) is 13.6 Å². The fourth-order valence-electron chi connectivity index (χ4n) is 0.946. The molecule has 0 saturated carbocycles. The van der Waals surface area contributed by atoms with E-state index in [-0.39, 0.29) is 0 Å². The molecule has 0 saturated heterocycles. The number of furan rings is 1. The van der Waals surface area contributed by atoms with E-state index in [1.807, 2.05) is 25.3 Å². The number of hydrogen-bond acceptors (Lipinski definition) is 2. The zero-order chi connectivity index (χ0) is 8.10. The van der Waals surface area contributed by atoms with Gasteiger partial charge in [-0.3, -0.25) is 0 Å². The summed E-state index contributed by atoms with van der Waals surface area (Å²) in [6.45, 7) is 2.97. The monoisotopic (exact) mass is 151 g/mol. The topological polar surface area (TPSA) is 25.2 Å². The number of hydrogen-bond donors (Lipinski definition) is 1. The van der Waals surface area contributed by atoms with Crippen molar-refractivity contribution in [3.8, 4) is 0 Å². The number of nitrogens with one attached hydrogen (secondary N) is 1. The normalized spacial score (nSPS) is 12.0. The van der Waals surface area contributed by atoms with Crippen molar-refractivity contribution < 1.29 is 4.42 Å². The molecule has 11 heavy (non-hydrogen) atoms. The Morgan fingerprint density at radius 1 is 1.73 bits per heavy atom. The molecular weight excluding hydrogens is 138 g/mol. The molecule has 0 aromatic carbocycles. The van der Waals surface area contributed by atoms with Crippen molar-refractivity contribution in [2.45, 2.75) is 6.92 Å². The Bertz CT molecular complexity index is 224. The lowest BCUT2D eigenvalue weighted by Crippen LogP contribution is -2.08. The highest BCUT2D eigenvalue weighted by Gasteiger charge is 1.90. The Hall–Kier alpha value is -1.02. The summed E-state index contributed by atoms with van der Waals surface area (Å²) in [7, 11) is 1.93. The Labute approximate surface area is 66.9 Å². The third-order valence-electron chi connectivity index (χ3n) is 1.39. The Morgan fingerprint density at radius 2 is 2.55 bits per heavy atom. The molecule has 1 heterocycles. The number of likely N-dealkylation sites (N-methyl/N-ethyl adjacent to an activating group) is 1. The van der Waals surface area contributed by atoms with Gasteiger partial charge < -0.3 is 9.73 Å². The van der Waals surface area contributed by atoms with Crippen LogP contribution in [0.15, 0.2) is 28.4 Å². The molecule has 0 bridgehead atoms. The molecule has 0 unspecified atom stereocenters. The van der Waals surface area contributed by atoms with Crippen LogP contribution in [0.4, 0.5) is 0 Å². The Balaban J connectivity index is 2.58. The Kier molecular flexibility index (Phi) is 2.93. The van der Waals surface area contributed by atoms with Gasteiger partial charge in [0.1, 0.15) is 5.76 Å². The molecule has 0 amide bonds. The highest BCUT2D eigenvalue weighted by Crippen LogP contribution is 2.05. The van der Waals surface area contributed by atoms with E-state index in [0.29, 0.717) is 0 Å². The summed E-state index contributed by atoms with van der Waals surface area (Å²) >= 11 is 0. The second kappa shape index (κ2) is 3.98. The van der Waals surface area contributed by atoms with Gasteiger partial charge in [-0.05, 0) is 32.2 Å². The summed E-state index contributed by atoms with van der Waals surface area (Å²) in [4.78, 5) is 0. The van der Waals surface area contributed by atoms with E-state index in [9.17, 15) is 0 Å². The lowest BCUT2D eigenvalue weighted by Gasteiger charge is -1.96. The summed E-state index contributed by atoms with van der Waals surface area (Å²) in [6, 6.07) is 3.83. The van der Waals surface area contributed by atoms with Crippen LogP contribution >= 0.6 is 0 Å². The van der Waals surface area contributed by atoms with Gasteiger partial charge in [-0.25, -0.2) is 0 Å². The van der Waals surface area contributed by atoms with E-state index in [1.165, 1.54) is 5.57 Å². The Morgan fingerprint density at radius 3 is 3.09 bits per heavy atom. The van der Waals surface area contributed by atoms with Gasteiger partial charge in [0.2, 0.25) is 0 Å². The average Bonchev–Trinajstić information content (AvgIpc) is 2.40. The van der Waals surface area contributed by atoms with Gasteiger partial charge >= 0.3 is 0 Å².